The molecule has 3 aromatic carbocycles. The molecule has 0 aromatic heterocycles. The predicted molar refractivity (Wildman–Crippen MR) is 137 cm³/mol. The predicted octanol–water partition coefficient (Wildman–Crippen LogP) is 6.03. The van der Waals surface area contributed by atoms with Gasteiger partial charge in [0.25, 0.3) is 0 Å². The Morgan fingerprint density at radius 1 is 0.886 bits per heavy atom. The summed E-state index contributed by atoms with van der Waals surface area (Å²) in [4.78, 5) is 2.36. The van der Waals surface area contributed by atoms with E-state index in [1.807, 2.05) is 12.1 Å². The number of likely N-dealkylation sites (tertiary alicyclic amines) is 1. The highest BCUT2D eigenvalue weighted by molar-refractivity contribution is 5.82. The van der Waals surface area contributed by atoms with Gasteiger partial charge in [-0.3, -0.25) is 4.90 Å². The molecule has 3 aromatic rings. The molecule has 2 aliphatic rings. The number of halogens is 1. The fourth-order valence-electron chi connectivity index (χ4n) is 4.93. The zero-order chi connectivity index (χ0) is 24.2. The molecule has 0 radical (unpaired) electrons. The number of nitrogens with zero attached hydrogens (tertiary/aromatic N) is 1. The molecule has 6 heteroatoms. The lowest BCUT2D eigenvalue weighted by atomic mass is 9.87. The van der Waals surface area contributed by atoms with Crippen LogP contribution in [0.25, 0.3) is 5.57 Å². The van der Waals surface area contributed by atoms with Crippen molar-refractivity contribution in [2.75, 3.05) is 31.6 Å². The number of anilines is 2. The largest absolute Gasteiger partial charge is 0.508 e. The second-order valence-corrected chi connectivity index (χ2v) is 9.31. The average molecular weight is 475 g/mol. The number of phenols is 2. The molecule has 0 unspecified atom stereocenters. The number of piperidine rings is 1. The van der Waals surface area contributed by atoms with Gasteiger partial charge in [-0.2, -0.15) is 0 Å². The Morgan fingerprint density at radius 2 is 1.69 bits per heavy atom. The van der Waals surface area contributed by atoms with Crippen LogP contribution in [0, 0.1) is 5.82 Å². The van der Waals surface area contributed by atoms with Crippen molar-refractivity contribution in [2.45, 2.75) is 32.1 Å². The maximum atomic E-state index is 14.8. The average Bonchev–Trinajstić information content (AvgIpc) is 2.86. The first kappa shape index (κ1) is 23.2. The minimum atomic E-state index is -0.416. The Morgan fingerprint density at radius 3 is 2.51 bits per heavy atom. The van der Waals surface area contributed by atoms with E-state index in [1.54, 1.807) is 36.4 Å². The molecule has 5 rings (SSSR count). The van der Waals surface area contributed by atoms with Crippen LogP contribution in [0.1, 0.15) is 36.0 Å². The van der Waals surface area contributed by atoms with E-state index < -0.39 is 5.82 Å². The maximum absolute atomic E-state index is 14.8. The number of ether oxygens (including phenoxy) is 1. The van der Waals surface area contributed by atoms with Gasteiger partial charge in [0.05, 0.1) is 0 Å². The maximum Gasteiger partial charge on any atom is 0.167 e. The molecular weight excluding hydrogens is 443 g/mol. The highest BCUT2D eigenvalue weighted by Crippen LogP contribution is 2.36. The zero-order valence-electron chi connectivity index (χ0n) is 19.8. The van der Waals surface area contributed by atoms with Crippen molar-refractivity contribution in [3.8, 4) is 17.2 Å². The van der Waals surface area contributed by atoms with Gasteiger partial charge in [-0.15, -0.1) is 0 Å². The van der Waals surface area contributed by atoms with E-state index in [1.165, 1.54) is 25.3 Å². The van der Waals surface area contributed by atoms with Gasteiger partial charge in [0.2, 0.25) is 0 Å². The van der Waals surface area contributed by atoms with Gasteiger partial charge < -0.3 is 20.3 Å². The molecule has 1 aliphatic heterocycles. The van der Waals surface area contributed by atoms with Crippen molar-refractivity contribution >= 4 is 16.9 Å². The second-order valence-electron chi connectivity index (χ2n) is 9.31. The van der Waals surface area contributed by atoms with E-state index in [0.29, 0.717) is 24.4 Å². The molecule has 0 saturated carbocycles. The van der Waals surface area contributed by atoms with Gasteiger partial charge in [0.15, 0.2) is 11.6 Å². The van der Waals surface area contributed by atoms with Crippen LogP contribution in [0.2, 0.25) is 0 Å². The Bertz CT molecular complexity index is 1230. The molecule has 1 saturated heterocycles. The minimum Gasteiger partial charge on any atom is -0.508 e. The van der Waals surface area contributed by atoms with Gasteiger partial charge in [-0.1, -0.05) is 18.6 Å². The number of phenolic OH excluding ortho intramolecular Hbond substituents is 2. The Hall–Kier alpha value is -3.51. The van der Waals surface area contributed by atoms with Gasteiger partial charge in [-0.05, 0) is 91.9 Å². The van der Waals surface area contributed by atoms with Gasteiger partial charge in [0, 0.05) is 35.6 Å². The normalized spacial score (nSPS) is 15.9. The van der Waals surface area contributed by atoms with E-state index in [2.05, 4.69) is 16.3 Å². The van der Waals surface area contributed by atoms with E-state index in [9.17, 15) is 14.6 Å². The molecule has 0 amide bonds. The summed E-state index contributed by atoms with van der Waals surface area (Å²) in [5, 5.41) is 23.2. The minimum absolute atomic E-state index is 0.135. The lowest BCUT2D eigenvalue weighted by Crippen LogP contribution is -2.33. The number of rotatable bonds is 7. The first-order chi connectivity index (χ1) is 17.0. The molecule has 1 heterocycles. The van der Waals surface area contributed by atoms with Crippen molar-refractivity contribution < 1.29 is 19.3 Å². The molecule has 0 spiro atoms. The zero-order valence-corrected chi connectivity index (χ0v) is 19.8. The molecule has 0 atom stereocenters. The van der Waals surface area contributed by atoms with Crippen LogP contribution in [0.4, 0.5) is 15.8 Å². The van der Waals surface area contributed by atoms with E-state index in [4.69, 9.17) is 4.74 Å². The molecule has 3 N–H and O–H groups in total. The Labute approximate surface area is 205 Å². The topological polar surface area (TPSA) is 65.0 Å². The fraction of sp³-hybridized carbons (Fsp3) is 0.310. The smallest absolute Gasteiger partial charge is 0.167 e. The van der Waals surface area contributed by atoms with Crippen LogP contribution >= 0.6 is 0 Å². The molecular formula is C29H31FN2O3. The molecule has 1 fully saturated rings. The fourth-order valence-corrected chi connectivity index (χ4v) is 4.93. The quantitative estimate of drug-likeness (QED) is 0.390. The van der Waals surface area contributed by atoms with Crippen LogP contribution in [0.15, 0.2) is 60.7 Å². The number of hydrogen-bond acceptors (Lipinski definition) is 5. The standard InChI is InChI=1S/C29H31FN2O3/c30-27-18-23(7-11-29(27)35-15-14-32-12-2-1-3-13-32)31-28-19-25(34)9-10-26(28)22-5-4-21-17-24(33)8-6-20(21)16-22/h5-11,17-19,31,33-34H,1-4,12-16H2. The second kappa shape index (κ2) is 10.4. The summed E-state index contributed by atoms with van der Waals surface area (Å²) < 4.78 is 20.5. The summed E-state index contributed by atoms with van der Waals surface area (Å²) in [5.74, 6) is 0.240. The number of fused-ring (bicyclic) bond motifs is 1. The first-order valence-corrected chi connectivity index (χ1v) is 12.3. The summed E-state index contributed by atoms with van der Waals surface area (Å²) in [6, 6.07) is 15.5. The lowest BCUT2D eigenvalue weighted by Gasteiger charge is -2.26. The van der Waals surface area contributed by atoms with Crippen LogP contribution in [0.3, 0.4) is 0 Å². The van der Waals surface area contributed by atoms with E-state index in [-0.39, 0.29) is 17.2 Å². The summed E-state index contributed by atoms with van der Waals surface area (Å²) in [5.41, 5.74) is 5.63. The van der Waals surface area contributed by atoms with Crippen LogP contribution in [0.5, 0.6) is 17.2 Å². The summed E-state index contributed by atoms with van der Waals surface area (Å²) in [6.45, 7) is 3.45. The number of aromatic hydroxyl groups is 2. The molecule has 182 valence electrons. The number of nitrogens with one attached hydrogen (secondary N) is 1. The van der Waals surface area contributed by atoms with E-state index in [0.717, 1.165) is 48.3 Å². The SMILES string of the molecule is Oc1ccc2c(c1)CC=C(c1ccc(O)cc1Nc1ccc(OCCN3CCCCC3)c(F)c1)C2. The number of hydrogen-bond donors (Lipinski definition) is 3. The Kier molecular flexibility index (Phi) is 6.91. The Balaban J connectivity index is 1.29. The van der Waals surface area contributed by atoms with Crippen LogP contribution in [-0.2, 0) is 12.8 Å². The number of allylic oxidation sites excluding steroid dienone is 2. The van der Waals surface area contributed by atoms with Crippen LogP contribution in [-0.4, -0.2) is 41.4 Å². The first-order valence-electron chi connectivity index (χ1n) is 12.3. The highest BCUT2D eigenvalue weighted by atomic mass is 19.1. The van der Waals surface area contributed by atoms with Crippen molar-refractivity contribution in [1.29, 1.82) is 0 Å². The van der Waals surface area contributed by atoms with Crippen molar-refractivity contribution in [2.24, 2.45) is 0 Å². The van der Waals surface area contributed by atoms with Gasteiger partial charge >= 0.3 is 0 Å². The molecule has 1 aliphatic carbocycles. The molecule has 0 bridgehead atoms. The third-order valence-electron chi connectivity index (χ3n) is 6.81. The molecule has 35 heavy (non-hydrogen) atoms. The van der Waals surface area contributed by atoms with E-state index >= 15 is 0 Å². The van der Waals surface area contributed by atoms with Crippen molar-refractivity contribution in [1.82, 2.24) is 4.90 Å². The van der Waals surface area contributed by atoms with Crippen molar-refractivity contribution in [3.63, 3.8) is 0 Å². The van der Waals surface area contributed by atoms with Gasteiger partial charge in [0.1, 0.15) is 18.1 Å². The third kappa shape index (κ3) is 5.60. The summed E-state index contributed by atoms with van der Waals surface area (Å²) in [6.07, 6.45) is 7.30. The summed E-state index contributed by atoms with van der Waals surface area (Å²) in [7, 11) is 0. The molecule has 5 nitrogen and oxygen atoms in total. The lowest BCUT2D eigenvalue weighted by molar-refractivity contribution is 0.180. The van der Waals surface area contributed by atoms with Crippen LogP contribution < -0.4 is 10.1 Å². The summed E-state index contributed by atoms with van der Waals surface area (Å²) >= 11 is 0. The third-order valence-corrected chi connectivity index (χ3v) is 6.81. The van der Waals surface area contributed by atoms with Crippen molar-refractivity contribution in [3.05, 3.63) is 83.2 Å². The monoisotopic (exact) mass is 474 g/mol. The number of benzene rings is 3. The van der Waals surface area contributed by atoms with Gasteiger partial charge in [-0.25, -0.2) is 4.39 Å². The highest BCUT2D eigenvalue weighted by Gasteiger charge is 2.17.